The van der Waals surface area contributed by atoms with E-state index < -0.39 is 17.6 Å². The fourth-order valence-corrected chi connectivity index (χ4v) is 5.95. The number of hydrogen-bond donors (Lipinski definition) is 1. The van der Waals surface area contributed by atoms with Crippen molar-refractivity contribution in [3.8, 4) is 22.6 Å². The first kappa shape index (κ1) is 28.5. The number of carboxylic acids is 1. The van der Waals surface area contributed by atoms with Gasteiger partial charge in [0.05, 0.1) is 24.3 Å². The van der Waals surface area contributed by atoms with Gasteiger partial charge in [-0.1, -0.05) is 0 Å². The zero-order valence-corrected chi connectivity index (χ0v) is 23.3. The van der Waals surface area contributed by atoms with Crippen LogP contribution in [0.2, 0.25) is 0 Å². The average molecular weight is 565 g/mol. The van der Waals surface area contributed by atoms with E-state index in [1.807, 2.05) is 26.0 Å². The van der Waals surface area contributed by atoms with E-state index >= 15 is 0 Å². The highest BCUT2D eigenvalue weighted by Crippen LogP contribution is 2.44. The first-order valence-corrected chi connectivity index (χ1v) is 14.0. The van der Waals surface area contributed by atoms with E-state index in [4.69, 9.17) is 14.6 Å². The van der Waals surface area contributed by atoms with Crippen molar-refractivity contribution in [3.05, 3.63) is 77.4 Å². The van der Waals surface area contributed by atoms with Crippen LogP contribution in [0.15, 0.2) is 54.6 Å². The maximum absolute atomic E-state index is 14.1. The van der Waals surface area contributed by atoms with E-state index in [9.17, 15) is 18.4 Å². The third kappa shape index (κ3) is 6.20. The van der Waals surface area contributed by atoms with Crippen LogP contribution in [0.3, 0.4) is 0 Å². The van der Waals surface area contributed by atoms with Gasteiger partial charge in [0.1, 0.15) is 23.1 Å². The number of halogens is 2. The topological polar surface area (TPSA) is 79.3 Å². The van der Waals surface area contributed by atoms with Crippen molar-refractivity contribution in [3.63, 3.8) is 0 Å². The molecule has 2 saturated heterocycles. The summed E-state index contributed by atoms with van der Waals surface area (Å²) in [4.78, 5) is 28.2. The van der Waals surface area contributed by atoms with Gasteiger partial charge in [0.2, 0.25) is 5.91 Å². The Balaban J connectivity index is 1.31. The highest BCUT2D eigenvalue weighted by molar-refractivity contribution is 5.97. The van der Waals surface area contributed by atoms with Gasteiger partial charge < -0.3 is 19.5 Å². The van der Waals surface area contributed by atoms with Crippen molar-refractivity contribution in [1.82, 2.24) is 4.90 Å². The number of aromatic carboxylic acids is 1. The molecule has 9 heteroatoms. The Morgan fingerprint density at radius 2 is 1.51 bits per heavy atom. The van der Waals surface area contributed by atoms with Crippen LogP contribution in [0.4, 0.5) is 14.5 Å². The largest absolute Gasteiger partial charge is 0.493 e. The molecule has 2 heterocycles. The van der Waals surface area contributed by atoms with Crippen molar-refractivity contribution in [2.24, 2.45) is 5.41 Å². The number of carbonyl (C=O) groups is 2. The maximum Gasteiger partial charge on any atom is 0.335 e. The number of ether oxygens (including phenoxy) is 2. The summed E-state index contributed by atoms with van der Waals surface area (Å²) < 4.78 is 40.0. The lowest BCUT2D eigenvalue weighted by Crippen LogP contribution is -2.41. The molecule has 216 valence electrons. The van der Waals surface area contributed by atoms with Gasteiger partial charge in [-0.2, -0.15) is 0 Å². The third-order valence-corrected chi connectivity index (χ3v) is 7.95. The Kier molecular flexibility index (Phi) is 8.26. The highest BCUT2D eigenvalue weighted by Gasteiger charge is 2.45. The number of likely N-dealkylation sites (tertiary alicyclic amines) is 1. The van der Waals surface area contributed by atoms with Crippen molar-refractivity contribution < 1.29 is 33.0 Å². The van der Waals surface area contributed by atoms with Gasteiger partial charge in [-0.15, -0.1) is 0 Å². The monoisotopic (exact) mass is 564 g/mol. The summed E-state index contributed by atoms with van der Waals surface area (Å²) in [6.07, 6.45) is 2.20. The molecule has 41 heavy (non-hydrogen) atoms. The first-order chi connectivity index (χ1) is 19.7. The molecule has 2 aliphatic rings. The summed E-state index contributed by atoms with van der Waals surface area (Å²) in [5.74, 6) is -1.24. The normalized spacial score (nSPS) is 16.8. The molecule has 5 rings (SSSR count). The minimum Gasteiger partial charge on any atom is -0.493 e. The zero-order chi connectivity index (χ0) is 29.1. The van der Waals surface area contributed by atoms with Gasteiger partial charge in [-0.05, 0) is 105 Å². The highest BCUT2D eigenvalue weighted by atomic mass is 19.1. The molecule has 0 radical (unpaired) electrons. The predicted molar refractivity (Wildman–Crippen MR) is 151 cm³/mol. The quantitative estimate of drug-likeness (QED) is 0.336. The van der Waals surface area contributed by atoms with Gasteiger partial charge in [-0.3, -0.25) is 9.69 Å². The van der Waals surface area contributed by atoms with Gasteiger partial charge in [0, 0.05) is 31.3 Å². The Morgan fingerprint density at radius 3 is 2.05 bits per heavy atom. The maximum atomic E-state index is 14.1. The summed E-state index contributed by atoms with van der Waals surface area (Å²) in [6.45, 7) is 7.37. The van der Waals surface area contributed by atoms with Crippen LogP contribution in [-0.4, -0.2) is 54.7 Å². The van der Waals surface area contributed by atoms with E-state index in [2.05, 4.69) is 4.90 Å². The molecule has 1 N–H and O–H groups in total. The summed E-state index contributed by atoms with van der Waals surface area (Å²) >= 11 is 0. The molecule has 0 aromatic heterocycles. The molecule has 1 amide bonds. The number of rotatable bonds is 9. The lowest BCUT2D eigenvalue weighted by molar-refractivity contribution is -0.118. The summed E-state index contributed by atoms with van der Waals surface area (Å²) in [5.41, 5.74) is 2.65. The van der Waals surface area contributed by atoms with Crippen LogP contribution in [0.25, 0.3) is 11.1 Å². The SMILES string of the molecule is CCOc1cc(CN2CCC3(CC2)CC(=O)N(c2ccc(C(=O)O)cc2)C3)cc(OCC)c1-c1cc(F)cc(F)c1. The molecule has 2 fully saturated rings. The number of hydrogen-bond acceptors (Lipinski definition) is 5. The first-order valence-electron chi connectivity index (χ1n) is 14.0. The van der Waals surface area contributed by atoms with Crippen LogP contribution in [0.5, 0.6) is 11.5 Å². The Morgan fingerprint density at radius 1 is 0.927 bits per heavy atom. The minimum absolute atomic E-state index is 0.0635. The second-order valence-electron chi connectivity index (χ2n) is 10.8. The van der Waals surface area contributed by atoms with Crippen LogP contribution in [0.1, 0.15) is 49.0 Å². The number of nitrogens with zero attached hydrogens (tertiary/aromatic N) is 2. The molecular weight excluding hydrogens is 530 g/mol. The fourth-order valence-electron chi connectivity index (χ4n) is 5.95. The molecule has 1 spiro atoms. The molecule has 0 saturated carbocycles. The number of piperidine rings is 1. The summed E-state index contributed by atoms with van der Waals surface area (Å²) in [5, 5.41) is 9.17. The predicted octanol–water partition coefficient (Wildman–Crippen LogP) is 6.15. The van der Waals surface area contributed by atoms with Gasteiger partial charge in [0.25, 0.3) is 0 Å². The number of amides is 1. The molecular formula is C32H34F2N2O5. The van der Waals surface area contributed by atoms with Crippen LogP contribution < -0.4 is 14.4 Å². The van der Waals surface area contributed by atoms with Gasteiger partial charge in [-0.25, -0.2) is 13.6 Å². The Labute approximate surface area is 238 Å². The smallest absolute Gasteiger partial charge is 0.335 e. The van der Waals surface area contributed by atoms with Crippen molar-refractivity contribution >= 4 is 17.6 Å². The van der Waals surface area contributed by atoms with Crippen molar-refractivity contribution in [2.75, 3.05) is 37.7 Å². The molecule has 2 aliphatic heterocycles. The lowest BCUT2D eigenvalue weighted by atomic mass is 9.77. The van der Waals surface area contributed by atoms with Crippen LogP contribution >= 0.6 is 0 Å². The van der Waals surface area contributed by atoms with Gasteiger partial charge in [0.15, 0.2) is 0 Å². The summed E-state index contributed by atoms with van der Waals surface area (Å²) in [7, 11) is 0. The van der Waals surface area contributed by atoms with Crippen molar-refractivity contribution in [2.45, 2.75) is 39.7 Å². The molecule has 3 aromatic carbocycles. The van der Waals surface area contributed by atoms with Crippen LogP contribution in [0, 0.1) is 17.0 Å². The molecule has 0 bridgehead atoms. The van der Waals surface area contributed by atoms with Crippen LogP contribution in [-0.2, 0) is 11.3 Å². The lowest BCUT2D eigenvalue weighted by Gasteiger charge is -2.39. The van der Waals surface area contributed by atoms with E-state index in [1.54, 1.807) is 17.0 Å². The van der Waals surface area contributed by atoms with Gasteiger partial charge >= 0.3 is 5.97 Å². The fraction of sp³-hybridized carbons (Fsp3) is 0.375. The van der Waals surface area contributed by atoms with E-state index in [1.165, 1.54) is 24.3 Å². The van der Waals surface area contributed by atoms with E-state index in [-0.39, 0.29) is 16.9 Å². The number of carbonyl (C=O) groups excluding carboxylic acids is 1. The summed E-state index contributed by atoms with van der Waals surface area (Å²) in [6, 6.07) is 13.7. The van der Waals surface area contributed by atoms with E-state index in [0.29, 0.717) is 55.4 Å². The second-order valence-corrected chi connectivity index (χ2v) is 10.8. The molecule has 0 aliphatic carbocycles. The zero-order valence-electron chi connectivity index (χ0n) is 23.3. The molecule has 0 atom stereocenters. The number of anilines is 1. The Bertz CT molecular complexity index is 1390. The molecule has 3 aromatic rings. The number of benzene rings is 3. The van der Waals surface area contributed by atoms with E-state index in [0.717, 1.165) is 43.2 Å². The number of carboxylic acid groups (broad SMARTS) is 1. The van der Waals surface area contributed by atoms with Crippen molar-refractivity contribution in [1.29, 1.82) is 0 Å². The third-order valence-electron chi connectivity index (χ3n) is 7.95. The Hall–Kier alpha value is -3.98. The average Bonchev–Trinajstić information content (AvgIpc) is 3.25. The standard InChI is InChI=1S/C32H34F2N2O5/c1-3-40-27-13-21(14-28(41-4-2)30(27)23-15-24(33)17-25(34)16-23)19-35-11-9-32(10-12-35)18-29(37)36(20-32)26-7-5-22(6-8-26)31(38)39/h5-8,13-17H,3-4,9-12,18-20H2,1-2H3,(H,38,39). The second kappa shape index (κ2) is 11.9. The molecule has 7 nitrogen and oxygen atoms in total. The minimum atomic E-state index is -0.993. The molecule has 0 unspecified atom stereocenters.